The Labute approximate surface area is 122 Å². The largest absolute Gasteiger partial charge is 0.479 e. The Morgan fingerprint density at radius 1 is 1.45 bits per heavy atom. The highest BCUT2D eigenvalue weighted by Gasteiger charge is 2.25. The topological polar surface area (TPSA) is 56.1 Å². The molecule has 1 aliphatic rings. The zero-order chi connectivity index (χ0) is 14.1. The highest BCUT2D eigenvalue weighted by molar-refractivity contribution is 6.16. The number of halogens is 1. The Bertz CT molecular complexity index is 614. The Kier molecular flexibility index (Phi) is 3.76. The molecule has 20 heavy (non-hydrogen) atoms. The van der Waals surface area contributed by atoms with Gasteiger partial charge in [-0.25, -0.2) is 9.97 Å². The van der Waals surface area contributed by atoms with Crippen LogP contribution in [0.25, 0.3) is 11.2 Å². The van der Waals surface area contributed by atoms with E-state index in [1.165, 1.54) is 12.7 Å². The molecule has 7 heteroatoms. The van der Waals surface area contributed by atoms with E-state index < -0.39 is 0 Å². The van der Waals surface area contributed by atoms with Crippen molar-refractivity contribution < 1.29 is 4.74 Å². The number of likely N-dealkylation sites (tertiary alicyclic amines) is 1. The Morgan fingerprint density at radius 3 is 3.00 bits per heavy atom. The third-order valence-electron chi connectivity index (χ3n) is 3.79. The Balaban J connectivity index is 2.13. The number of hydrogen-bond donors (Lipinski definition) is 0. The quantitative estimate of drug-likeness (QED) is 0.809. The SMILES string of the molecule is COc1ncnc2c1nc(CCl)n2C1CCCN(C)C1. The number of alkyl halides is 1. The van der Waals surface area contributed by atoms with Crippen LogP contribution in [-0.2, 0) is 5.88 Å². The van der Waals surface area contributed by atoms with Crippen LogP contribution >= 0.6 is 11.6 Å². The second-order valence-electron chi connectivity index (χ2n) is 5.15. The minimum absolute atomic E-state index is 0.354. The molecule has 0 radical (unpaired) electrons. The molecule has 0 saturated carbocycles. The number of ether oxygens (including phenoxy) is 1. The minimum atomic E-state index is 0.354. The zero-order valence-electron chi connectivity index (χ0n) is 11.7. The van der Waals surface area contributed by atoms with Crippen LogP contribution in [0.15, 0.2) is 6.33 Å². The molecular formula is C13H18ClN5O. The molecule has 6 nitrogen and oxygen atoms in total. The van der Waals surface area contributed by atoms with Crippen molar-refractivity contribution in [3.63, 3.8) is 0 Å². The molecule has 0 amide bonds. The fourth-order valence-electron chi connectivity index (χ4n) is 2.91. The second kappa shape index (κ2) is 5.54. The van der Waals surface area contributed by atoms with Crippen molar-refractivity contribution in [2.75, 3.05) is 27.2 Å². The van der Waals surface area contributed by atoms with Gasteiger partial charge in [-0.2, -0.15) is 4.98 Å². The van der Waals surface area contributed by atoms with Crippen molar-refractivity contribution in [1.82, 2.24) is 24.4 Å². The summed E-state index contributed by atoms with van der Waals surface area (Å²) < 4.78 is 7.42. The predicted octanol–water partition coefficient (Wildman–Crippen LogP) is 1.84. The molecule has 0 aliphatic carbocycles. The monoisotopic (exact) mass is 295 g/mol. The highest BCUT2D eigenvalue weighted by Crippen LogP contribution is 2.29. The van der Waals surface area contributed by atoms with Gasteiger partial charge >= 0.3 is 0 Å². The van der Waals surface area contributed by atoms with Gasteiger partial charge in [0.15, 0.2) is 11.2 Å². The van der Waals surface area contributed by atoms with Crippen LogP contribution < -0.4 is 4.74 Å². The first-order chi connectivity index (χ1) is 9.74. The summed E-state index contributed by atoms with van der Waals surface area (Å²) in [5, 5.41) is 0. The number of methoxy groups -OCH3 is 1. The molecule has 1 aliphatic heterocycles. The molecule has 0 spiro atoms. The third kappa shape index (κ3) is 2.23. The van der Waals surface area contributed by atoms with Gasteiger partial charge in [-0.3, -0.25) is 0 Å². The molecule has 3 heterocycles. The fourth-order valence-corrected chi connectivity index (χ4v) is 3.10. The van der Waals surface area contributed by atoms with Gasteiger partial charge < -0.3 is 14.2 Å². The smallest absolute Gasteiger partial charge is 0.245 e. The van der Waals surface area contributed by atoms with Crippen LogP contribution in [0.5, 0.6) is 5.88 Å². The molecular weight excluding hydrogens is 278 g/mol. The highest BCUT2D eigenvalue weighted by atomic mass is 35.5. The number of nitrogens with zero attached hydrogens (tertiary/aromatic N) is 5. The number of imidazole rings is 1. The Hall–Kier alpha value is -1.40. The van der Waals surface area contributed by atoms with E-state index in [-0.39, 0.29) is 0 Å². The van der Waals surface area contributed by atoms with Crippen LogP contribution in [0.2, 0.25) is 0 Å². The van der Waals surface area contributed by atoms with E-state index in [0.717, 1.165) is 31.0 Å². The number of rotatable bonds is 3. The maximum Gasteiger partial charge on any atom is 0.245 e. The van der Waals surface area contributed by atoms with Crippen molar-refractivity contribution in [3.05, 3.63) is 12.2 Å². The van der Waals surface area contributed by atoms with Crippen LogP contribution in [0.4, 0.5) is 0 Å². The van der Waals surface area contributed by atoms with Gasteiger partial charge in [0.05, 0.1) is 13.0 Å². The van der Waals surface area contributed by atoms with Gasteiger partial charge in [-0.1, -0.05) is 0 Å². The fraction of sp³-hybridized carbons (Fsp3) is 0.615. The summed E-state index contributed by atoms with van der Waals surface area (Å²) in [6.45, 7) is 2.12. The zero-order valence-corrected chi connectivity index (χ0v) is 12.5. The molecule has 1 unspecified atom stereocenters. The van der Waals surface area contributed by atoms with Crippen molar-refractivity contribution >= 4 is 22.8 Å². The van der Waals surface area contributed by atoms with Gasteiger partial charge in [0, 0.05) is 12.6 Å². The number of aromatic nitrogens is 4. The molecule has 1 atom stereocenters. The van der Waals surface area contributed by atoms with Gasteiger partial charge in [0.25, 0.3) is 0 Å². The van der Waals surface area contributed by atoms with Crippen molar-refractivity contribution in [1.29, 1.82) is 0 Å². The molecule has 2 aromatic rings. The number of piperidine rings is 1. The van der Waals surface area contributed by atoms with Crippen molar-refractivity contribution in [3.8, 4) is 5.88 Å². The maximum absolute atomic E-state index is 6.07. The first-order valence-corrected chi connectivity index (χ1v) is 7.28. The molecule has 1 fully saturated rings. The molecule has 0 aromatic carbocycles. The lowest BCUT2D eigenvalue weighted by Crippen LogP contribution is -2.34. The summed E-state index contributed by atoms with van der Waals surface area (Å²) in [6.07, 6.45) is 3.81. The van der Waals surface area contributed by atoms with Crippen LogP contribution in [0, 0.1) is 0 Å². The number of hydrogen-bond acceptors (Lipinski definition) is 5. The minimum Gasteiger partial charge on any atom is -0.479 e. The van der Waals surface area contributed by atoms with Gasteiger partial charge in [0.1, 0.15) is 12.2 Å². The normalized spacial score (nSPS) is 20.4. The van der Waals surface area contributed by atoms with E-state index in [1.54, 1.807) is 7.11 Å². The first kappa shape index (κ1) is 13.6. The van der Waals surface area contributed by atoms with E-state index in [2.05, 4.69) is 31.5 Å². The van der Waals surface area contributed by atoms with Crippen molar-refractivity contribution in [2.45, 2.75) is 24.8 Å². The maximum atomic E-state index is 6.07. The lowest BCUT2D eigenvalue weighted by Gasteiger charge is -2.31. The van der Waals surface area contributed by atoms with Crippen LogP contribution in [0.3, 0.4) is 0 Å². The molecule has 108 valence electrons. The van der Waals surface area contributed by atoms with Crippen LogP contribution in [0.1, 0.15) is 24.7 Å². The standard InChI is InChI=1S/C13H18ClN5O/c1-18-5-3-4-9(7-18)19-10(6-14)17-11-12(19)15-8-16-13(11)20-2/h8-9H,3-7H2,1-2H3. The van der Waals surface area contributed by atoms with E-state index >= 15 is 0 Å². The van der Waals surface area contributed by atoms with E-state index in [9.17, 15) is 0 Å². The van der Waals surface area contributed by atoms with E-state index in [1.807, 2.05) is 0 Å². The number of fused-ring (bicyclic) bond motifs is 1. The molecule has 1 saturated heterocycles. The summed E-state index contributed by atoms with van der Waals surface area (Å²) in [5.74, 6) is 1.70. The van der Waals surface area contributed by atoms with Crippen molar-refractivity contribution in [2.24, 2.45) is 0 Å². The first-order valence-electron chi connectivity index (χ1n) is 6.75. The molecule has 3 rings (SSSR count). The van der Waals surface area contributed by atoms with E-state index in [0.29, 0.717) is 23.3 Å². The van der Waals surface area contributed by atoms with Crippen LogP contribution in [-0.4, -0.2) is 51.7 Å². The average molecular weight is 296 g/mol. The lowest BCUT2D eigenvalue weighted by atomic mass is 10.1. The van der Waals surface area contributed by atoms with Gasteiger partial charge in [0.2, 0.25) is 5.88 Å². The average Bonchev–Trinajstić information content (AvgIpc) is 2.85. The summed E-state index contributed by atoms with van der Waals surface area (Å²) >= 11 is 6.07. The van der Waals surface area contributed by atoms with E-state index in [4.69, 9.17) is 16.3 Å². The molecule has 2 aromatic heterocycles. The molecule has 0 bridgehead atoms. The third-order valence-corrected chi connectivity index (χ3v) is 4.03. The summed E-state index contributed by atoms with van der Waals surface area (Å²) in [7, 11) is 3.73. The second-order valence-corrected chi connectivity index (χ2v) is 5.41. The van der Waals surface area contributed by atoms with Gasteiger partial charge in [-0.05, 0) is 26.4 Å². The Morgan fingerprint density at radius 2 is 2.30 bits per heavy atom. The summed E-state index contributed by atoms with van der Waals surface area (Å²) in [4.78, 5) is 15.4. The van der Waals surface area contributed by atoms with Gasteiger partial charge in [-0.15, -0.1) is 11.6 Å². The molecule has 0 N–H and O–H groups in total. The predicted molar refractivity (Wildman–Crippen MR) is 77.2 cm³/mol. The lowest BCUT2D eigenvalue weighted by molar-refractivity contribution is 0.212. The number of likely N-dealkylation sites (N-methyl/N-ethyl adjacent to an activating group) is 1. The summed E-state index contributed by atoms with van der Waals surface area (Å²) in [6, 6.07) is 0.354. The summed E-state index contributed by atoms with van der Waals surface area (Å²) in [5.41, 5.74) is 1.51.